The molecule has 0 unspecified atom stereocenters. The maximum absolute atomic E-state index is 12.8. The third kappa shape index (κ3) is 7.00. The Bertz CT molecular complexity index is 1230. The van der Waals surface area contributed by atoms with Gasteiger partial charge in [-0.1, -0.05) is 48.0 Å². The smallest absolute Gasteiger partial charge is 0.303 e. The van der Waals surface area contributed by atoms with E-state index in [1.54, 1.807) is 31.6 Å². The van der Waals surface area contributed by atoms with Crippen molar-refractivity contribution in [2.75, 3.05) is 13.6 Å². The van der Waals surface area contributed by atoms with E-state index in [1.165, 1.54) is 16.4 Å². The number of hydrogen-bond acceptors (Lipinski definition) is 4. The number of aromatic nitrogens is 1. The third-order valence-corrected chi connectivity index (χ3v) is 7.54. The van der Waals surface area contributed by atoms with Crippen molar-refractivity contribution in [2.45, 2.75) is 30.6 Å². The number of carboxylic acid groups (broad SMARTS) is 1. The maximum atomic E-state index is 12.8. The highest BCUT2D eigenvalue weighted by molar-refractivity contribution is 7.89. The fourth-order valence-electron chi connectivity index (χ4n) is 3.47. The van der Waals surface area contributed by atoms with Crippen LogP contribution in [-0.2, 0) is 21.2 Å². The normalized spacial score (nSPS) is 12.1. The van der Waals surface area contributed by atoms with Gasteiger partial charge in [-0.15, -0.1) is 0 Å². The highest BCUT2D eigenvalue weighted by Crippen LogP contribution is 2.25. The van der Waals surface area contributed by atoms with Gasteiger partial charge in [0.1, 0.15) is 0 Å². The summed E-state index contributed by atoms with van der Waals surface area (Å²) in [6, 6.07) is 18.0. The van der Waals surface area contributed by atoms with E-state index in [0.717, 1.165) is 22.3 Å². The molecule has 0 spiro atoms. The van der Waals surface area contributed by atoms with Gasteiger partial charge in [0, 0.05) is 43.0 Å². The molecule has 2 aromatic carbocycles. The molecule has 0 aliphatic rings. The van der Waals surface area contributed by atoms with Gasteiger partial charge >= 0.3 is 5.97 Å². The predicted molar refractivity (Wildman–Crippen MR) is 134 cm³/mol. The van der Waals surface area contributed by atoms with Gasteiger partial charge in [0.25, 0.3) is 0 Å². The van der Waals surface area contributed by atoms with Crippen LogP contribution in [0.25, 0.3) is 5.57 Å². The molecule has 0 amide bonds. The Hall–Kier alpha value is -3.00. The molecule has 0 radical (unpaired) electrons. The molecule has 178 valence electrons. The average molecular weight is 499 g/mol. The van der Waals surface area contributed by atoms with E-state index in [4.69, 9.17) is 16.7 Å². The van der Waals surface area contributed by atoms with Crippen LogP contribution in [0, 0.1) is 0 Å². The molecule has 0 aliphatic carbocycles. The molecule has 6 nitrogen and oxygen atoms in total. The van der Waals surface area contributed by atoms with Crippen LogP contribution in [0.5, 0.6) is 0 Å². The highest BCUT2D eigenvalue weighted by atomic mass is 35.5. The molecular weight excluding hydrogens is 472 g/mol. The lowest BCUT2D eigenvalue weighted by Crippen LogP contribution is -2.29. The monoisotopic (exact) mass is 498 g/mol. The Balaban J connectivity index is 1.70. The summed E-state index contributed by atoms with van der Waals surface area (Å²) in [5, 5.41) is 9.37. The molecule has 1 aromatic heterocycles. The summed E-state index contributed by atoms with van der Waals surface area (Å²) >= 11 is 5.87. The number of pyridine rings is 1. The minimum Gasteiger partial charge on any atom is -0.481 e. The van der Waals surface area contributed by atoms with E-state index in [1.807, 2.05) is 42.5 Å². The number of benzene rings is 2. The number of carbonyl (C=O) groups is 1. The molecule has 0 saturated carbocycles. The SMILES string of the molecule is CN(CCc1ccc(/C(=C/CCCC(=O)O)c2cccnc2)cc1)S(=O)(=O)c1ccc(Cl)cc1. The second-order valence-corrected chi connectivity index (χ2v) is 10.4. The maximum Gasteiger partial charge on any atom is 0.303 e. The van der Waals surface area contributed by atoms with E-state index in [2.05, 4.69) is 4.98 Å². The van der Waals surface area contributed by atoms with E-state index in [-0.39, 0.29) is 11.3 Å². The number of halogens is 1. The molecule has 0 aliphatic heterocycles. The van der Waals surface area contributed by atoms with Crippen molar-refractivity contribution < 1.29 is 18.3 Å². The van der Waals surface area contributed by atoms with Crippen LogP contribution in [0.15, 0.2) is 84.0 Å². The minimum atomic E-state index is -3.59. The zero-order chi connectivity index (χ0) is 24.6. The molecular formula is C26H27ClN2O4S. The minimum absolute atomic E-state index is 0.127. The number of likely N-dealkylation sites (N-methyl/N-ethyl adjacent to an activating group) is 1. The van der Waals surface area contributed by atoms with Gasteiger partial charge in [-0.2, -0.15) is 0 Å². The lowest BCUT2D eigenvalue weighted by Gasteiger charge is -2.17. The van der Waals surface area contributed by atoms with Crippen LogP contribution in [0.1, 0.15) is 36.0 Å². The van der Waals surface area contributed by atoms with Gasteiger partial charge in [0.2, 0.25) is 10.0 Å². The number of aliphatic carboxylic acids is 1. The number of allylic oxidation sites excluding steroid dienone is 1. The van der Waals surface area contributed by atoms with Gasteiger partial charge < -0.3 is 5.11 Å². The first kappa shape index (κ1) is 25.6. The van der Waals surface area contributed by atoms with Crippen molar-refractivity contribution in [1.82, 2.24) is 9.29 Å². The largest absolute Gasteiger partial charge is 0.481 e. The summed E-state index contributed by atoms with van der Waals surface area (Å²) in [7, 11) is -2.02. The standard InChI is InChI=1S/C26H27ClN2O4S/c1-29(34(32,33)24-14-12-23(27)13-15-24)18-16-20-8-10-21(11-9-20)25(6-2-3-7-26(30)31)22-5-4-17-28-19-22/h4-6,8-15,17,19H,2-3,7,16,18H2,1H3,(H,30,31)/b25-6-. The molecule has 34 heavy (non-hydrogen) atoms. The molecule has 3 rings (SSSR count). The molecule has 0 fully saturated rings. The Morgan fingerprint density at radius 1 is 1.06 bits per heavy atom. The number of nitrogens with zero attached hydrogens (tertiary/aromatic N) is 2. The van der Waals surface area contributed by atoms with E-state index < -0.39 is 16.0 Å². The Morgan fingerprint density at radius 2 is 1.76 bits per heavy atom. The van der Waals surface area contributed by atoms with Crippen molar-refractivity contribution in [1.29, 1.82) is 0 Å². The molecule has 1 N–H and O–H groups in total. The Labute approximate surface area is 205 Å². The summed E-state index contributed by atoms with van der Waals surface area (Å²) in [6.45, 7) is 0.338. The van der Waals surface area contributed by atoms with E-state index in [0.29, 0.717) is 30.8 Å². The van der Waals surface area contributed by atoms with Gasteiger partial charge in [-0.05, 0) is 66.3 Å². The zero-order valence-electron chi connectivity index (χ0n) is 18.9. The molecule has 0 atom stereocenters. The van der Waals surface area contributed by atoms with Gasteiger partial charge in [-0.25, -0.2) is 12.7 Å². The number of carboxylic acids is 1. The third-order valence-electron chi connectivity index (χ3n) is 5.42. The topological polar surface area (TPSA) is 87.6 Å². The van der Waals surface area contributed by atoms with Crippen molar-refractivity contribution in [2.24, 2.45) is 0 Å². The summed E-state index contributed by atoms with van der Waals surface area (Å²) in [4.78, 5) is 15.2. The van der Waals surface area contributed by atoms with Crippen LogP contribution >= 0.6 is 11.6 Å². The van der Waals surface area contributed by atoms with Gasteiger partial charge in [0.05, 0.1) is 4.90 Å². The van der Waals surface area contributed by atoms with Crippen LogP contribution in [0.3, 0.4) is 0 Å². The first-order chi connectivity index (χ1) is 16.3. The number of rotatable bonds is 11. The summed E-state index contributed by atoms with van der Waals surface area (Å²) < 4.78 is 26.9. The second kappa shape index (κ2) is 11.9. The van der Waals surface area contributed by atoms with Crippen molar-refractivity contribution in [3.05, 3.63) is 101 Å². The fourth-order valence-corrected chi connectivity index (χ4v) is 4.77. The van der Waals surface area contributed by atoms with Crippen molar-refractivity contribution >= 4 is 33.2 Å². The van der Waals surface area contributed by atoms with Gasteiger partial charge in [0.15, 0.2) is 0 Å². The molecule has 0 saturated heterocycles. The molecule has 8 heteroatoms. The fraction of sp³-hybridized carbons (Fsp3) is 0.231. The quantitative estimate of drug-likeness (QED) is 0.363. The van der Waals surface area contributed by atoms with Crippen LogP contribution in [0.4, 0.5) is 0 Å². The van der Waals surface area contributed by atoms with Crippen LogP contribution in [0.2, 0.25) is 5.02 Å². The van der Waals surface area contributed by atoms with Crippen molar-refractivity contribution in [3.63, 3.8) is 0 Å². The molecule has 0 bridgehead atoms. The van der Waals surface area contributed by atoms with Crippen LogP contribution in [-0.4, -0.2) is 42.4 Å². The summed E-state index contributed by atoms with van der Waals surface area (Å²) in [6.07, 6.45) is 7.44. The first-order valence-electron chi connectivity index (χ1n) is 10.9. The number of unbranched alkanes of at least 4 members (excludes halogenated alkanes) is 1. The Morgan fingerprint density at radius 3 is 2.38 bits per heavy atom. The van der Waals surface area contributed by atoms with Gasteiger partial charge in [-0.3, -0.25) is 9.78 Å². The summed E-state index contributed by atoms with van der Waals surface area (Å²) in [5.41, 5.74) is 3.96. The molecule has 1 heterocycles. The van der Waals surface area contributed by atoms with Crippen LogP contribution < -0.4 is 0 Å². The zero-order valence-corrected chi connectivity index (χ0v) is 20.5. The first-order valence-corrected chi connectivity index (χ1v) is 12.7. The number of sulfonamides is 1. The lowest BCUT2D eigenvalue weighted by molar-refractivity contribution is -0.137. The number of hydrogen-bond donors (Lipinski definition) is 1. The second-order valence-electron chi connectivity index (χ2n) is 7.87. The average Bonchev–Trinajstić information content (AvgIpc) is 2.83. The Kier molecular flexibility index (Phi) is 8.98. The van der Waals surface area contributed by atoms with E-state index >= 15 is 0 Å². The van der Waals surface area contributed by atoms with E-state index in [9.17, 15) is 13.2 Å². The lowest BCUT2D eigenvalue weighted by atomic mass is 9.96. The predicted octanol–water partition coefficient (Wildman–Crippen LogP) is 5.28. The summed E-state index contributed by atoms with van der Waals surface area (Å²) in [5.74, 6) is -0.802. The molecule has 3 aromatic rings. The highest BCUT2D eigenvalue weighted by Gasteiger charge is 2.20. The van der Waals surface area contributed by atoms with Crippen molar-refractivity contribution in [3.8, 4) is 0 Å².